The van der Waals surface area contributed by atoms with Crippen molar-refractivity contribution in [1.82, 2.24) is 10.9 Å². The Morgan fingerprint density at radius 1 is 1.17 bits per heavy atom. The molecule has 0 saturated heterocycles. The van der Waals surface area contributed by atoms with Gasteiger partial charge in [-0.2, -0.15) is 0 Å². The number of esters is 1. The highest BCUT2D eigenvalue weighted by molar-refractivity contribution is 7.17. The van der Waals surface area contributed by atoms with Crippen LogP contribution in [-0.4, -0.2) is 30.1 Å². The van der Waals surface area contributed by atoms with E-state index in [1.54, 1.807) is 37.3 Å². The topological polar surface area (TPSA) is 106 Å². The summed E-state index contributed by atoms with van der Waals surface area (Å²) in [4.78, 5) is 37.8. The average Bonchev–Trinajstić information content (AvgIpc) is 3.02. The van der Waals surface area contributed by atoms with E-state index in [1.165, 1.54) is 11.3 Å². The Hall–Kier alpha value is -2.91. The Labute approximate surface area is 172 Å². The second-order valence-corrected chi connectivity index (χ2v) is 8.16. The highest BCUT2D eigenvalue weighted by atomic mass is 32.1. The third-order valence-corrected chi connectivity index (χ3v) is 5.44. The maximum atomic E-state index is 12.5. The number of thiophene rings is 1. The van der Waals surface area contributed by atoms with Gasteiger partial charge in [0.25, 0.3) is 5.91 Å². The number of hydrogen-bond acceptors (Lipinski definition) is 6. The number of anilines is 1. The highest BCUT2D eigenvalue weighted by Crippen LogP contribution is 2.40. The molecular formula is C20H23N3O5S. The summed E-state index contributed by atoms with van der Waals surface area (Å²) in [6, 6.07) is 7.82. The van der Waals surface area contributed by atoms with Crippen LogP contribution in [0.1, 0.15) is 51.9 Å². The van der Waals surface area contributed by atoms with Crippen molar-refractivity contribution in [3.05, 3.63) is 51.9 Å². The molecule has 1 aromatic carbocycles. The molecular weight excluding hydrogens is 394 g/mol. The van der Waals surface area contributed by atoms with Crippen molar-refractivity contribution in [3.63, 3.8) is 0 Å². The number of benzene rings is 1. The molecule has 154 valence electrons. The molecule has 0 unspecified atom stereocenters. The van der Waals surface area contributed by atoms with Gasteiger partial charge < -0.3 is 9.47 Å². The zero-order valence-corrected chi connectivity index (χ0v) is 17.3. The number of fused-ring (bicyclic) bond motifs is 1. The number of hydrogen-bond donors (Lipinski definition) is 3. The molecule has 0 aliphatic carbocycles. The van der Waals surface area contributed by atoms with Gasteiger partial charge in [0.2, 0.25) is 0 Å². The van der Waals surface area contributed by atoms with Gasteiger partial charge in [0.1, 0.15) is 5.00 Å². The standard InChI is InChI=1S/C20H23N3O5S/c1-4-27-18(25)15-13-10-20(2,3)28-11-14(13)29-17(15)21-19(26)23-22-16(24)12-8-6-5-7-9-12/h5-9H,4,10-11H2,1-3H3,(H,22,24)(H2,21,23,26). The van der Waals surface area contributed by atoms with Crippen LogP contribution >= 0.6 is 11.3 Å². The number of carbonyl (C=O) groups excluding carboxylic acids is 3. The van der Waals surface area contributed by atoms with Crippen LogP contribution in [0.25, 0.3) is 0 Å². The van der Waals surface area contributed by atoms with Gasteiger partial charge in [-0.15, -0.1) is 11.3 Å². The minimum absolute atomic E-state index is 0.224. The molecule has 0 atom stereocenters. The van der Waals surface area contributed by atoms with E-state index < -0.39 is 23.5 Å². The molecule has 3 rings (SSSR count). The van der Waals surface area contributed by atoms with Gasteiger partial charge >= 0.3 is 12.0 Å². The van der Waals surface area contributed by atoms with Crippen molar-refractivity contribution in [2.45, 2.75) is 39.4 Å². The molecule has 3 amide bonds. The van der Waals surface area contributed by atoms with Crippen LogP contribution in [0.4, 0.5) is 9.80 Å². The second-order valence-electron chi connectivity index (χ2n) is 7.05. The van der Waals surface area contributed by atoms with E-state index in [0.29, 0.717) is 29.2 Å². The molecule has 0 saturated carbocycles. The largest absolute Gasteiger partial charge is 0.462 e. The average molecular weight is 417 g/mol. The molecule has 2 heterocycles. The normalized spacial score (nSPS) is 14.4. The molecule has 0 spiro atoms. The fourth-order valence-corrected chi connectivity index (χ4v) is 4.08. The Kier molecular flexibility index (Phi) is 6.19. The number of rotatable bonds is 4. The number of hydrazine groups is 1. The predicted molar refractivity (Wildman–Crippen MR) is 109 cm³/mol. The van der Waals surface area contributed by atoms with E-state index in [2.05, 4.69) is 16.2 Å². The first-order chi connectivity index (χ1) is 13.8. The fraction of sp³-hybridized carbons (Fsp3) is 0.350. The minimum Gasteiger partial charge on any atom is -0.462 e. The Balaban J connectivity index is 1.74. The van der Waals surface area contributed by atoms with Gasteiger partial charge in [-0.05, 0) is 38.5 Å². The van der Waals surface area contributed by atoms with Gasteiger partial charge in [0, 0.05) is 16.9 Å². The van der Waals surface area contributed by atoms with Crippen molar-refractivity contribution in [3.8, 4) is 0 Å². The maximum absolute atomic E-state index is 12.5. The van der Waals surface area contributed by atoms with Crippen molar-refractivity contribution in [2.75, 3.05) is 11.9 Å². The lowest BCUT2D eigenvalue weighted by atomic mass is 9.93. The van der Waals surface area contributed by atoms with E-state index in [9.17, 15) is 14.4 Å². The summed E-state index contributed by atoms with van der Waals surface area (Å²) in [6.45, 7) is 6.20. The molecule has 8 nitrogen and oxygen atoms in total. The van der Waals surface area contributed by atoms with E-state index in [1.807, 2.05) is 13.8 Å². The van der Waals surface area contributed by atoms with E-state index >= 15 is 0 Å². The summed E-state index contributed by atoms with van der Waals surface area (Å²) in [5.74, 6) is -0.946. The zero-order chi connectivity index (χ0) is 21.0. The predicted octanol–water partition coefficient (Wildman–Crippen LogP) is 3.24. The van der Waals surface area contributed by atoms with Gasteiger partial charge in [0.15, 0.2) is 0 Å². The lowest BCUT2D eigenvalue weighted by molar-refractivity contribution is -0.0384. The molecule has 29 heavy (non-hydrogen) atoms. The van der Waals surface area contributed by atoms with Crippen molar-refractivity contribution in [2.24, 2.45) is 0 Å². The molecule has 9 heteroatoms. The zero-order valence-electron chi connectivity index (χ0n) is 16.5. The molecule has 0 radical (unpaired) electrons. The molecule has 1 aromatic heterocycles. The maximum Gasteiger partial charge on any atom is 0.341 e. The third-order valence-electron chi connectivity index (χ3n) is 4.32. The quantitative estimate of drug-likeness (QED) is 0.523. The van der Waals surface area contributed by atoms with Crippen LogP contribution < -0.4 is 16.2 Å². The van der Waals surface area contributed by atoms with Crippen molar-refractivity contribution >= 4 is 34.2 Å². The van der Waals surface area contributed by atoms with E-state index in [4.69, 9.17) is 9.47 Å². The fourth-order valence-electron chi connectivity index (χ4n) is 2.97. The molecule has 2 aromatic rings. The van der Waals surface area contributed by atoms with Crippen LogP contribution in [-0.2, 0) is 22.5 Å². The van der Waals surface area contributed by atoms with Crippen LogP contribution in [0.5, 0.6) is 0 Å². The van der Waals surface area contributed by atoms with Crippen LogP contribution in [0.3, 0.4) is 0 Å². The minimum atomic E-state index is -0.668. The Morgan fingerprint density at radius 3 is 2.59 bits per heavy atom. The Bertz CT molecular complexity index is 924. The molecule has 1 aliphatic heterocycles. The number of ether oxygens (including phenoxy) is 2. The van der Waals surface area contributed by atoms with E-state index in [0.717, 1.165) is 10.4 Å². The van der Waals surface area contributed by atoms with Crippen molar-refractivity contribution in [1.29, 1.82) is 0 Å². The molecule has 1 aliphatic rings. The van der Waals surface area contributed by atoms with Crippen molar-refractivity contribution < 1.29 is 23.9 Å². The van der Waals surface area contributed by atoms with Gasteiger partial charge in [-0.3, -0.25) is 15.5 Å². The molecule has 0 fully saturated rings. The van der Waals surface area contributed by atoms with Gasteiger partial charge in [-0.25, -0.2) is 15.0 Å². The monoisotopic (exact) mass is 417 g/mol. The summed E-state index contributed by atoms with van der Waals surface area (Å²) in [6.07, 6.45) is 0.529. The molecule has 0 bridgehead atoms. The lowest BCUT2D eigenvalue weighted by Crippen LogP contribution is -2.44. The first kappa shape index (κ1) is 20.8. The molecule has 3 N–H and O–H groups in total. The summed E-state index contributed by atoms with van der Waals surface area (Å²) in [5.41, 5.74) is 5.79. The number of urea groups is 1. The SMILES string of the molecule is CCOC(=O)c1c(NC(=O)NNC(=O)c2ccccc2)sc2c1CC(C)(C)OC2. The van der Waals surface area contributed by atoms with Gasteiger partial charge in [0.05, 0.1) is 24.4 Å². The summed E-state index contributed by atoms with van der Waals surface area (Å²) >= 11 is 1.27. The summed E-state index contributed by atoms with van der Waals surface area (Å²) in [7, 11) is 0. The van der Waals surface area contributed by atoms with Crippen LogP contribution in [0.15, 0.2) is 30.3 Å². The summed E-state index contributed by atoms with van der Waals surface area (Å²) in [5, 5.41) is 3.00. The van der Waals surface area contributed by atoms with E-state index in [-0.39, 0.29) is 6.61 Å². The lowest BCUT2D eigenvalue weighted by Gasteiger charge is -2.30. The number of amides is 3. The first-order valence-corrected chi connectivity index (χ1v) is 10.0. The number of carbonyl (C=O) groups is 3. The Morgan fingerprint density at radius 2 is 1.90 bits per heavy atom. The van der Waals surface area contributed by atoms with Crippen LogP contribution in [0.2, 0.25) is 0 Å². The smallest absolute Gasteiger partial charge is 0.341 e. The highest BCUT2D eigenvalue weighted by Gasteiger charge is 2.34. The number of nitrogens with one attached hydrogen (secondary N) is 3. The summed E-state index contributed by atoms with van der Waals surface area (Å²) < 4.78 is 11.0. The third kappa shape index (κ3) is 4.93. The van der Waals surface area contributed by atoms with Gasteiger partial charge in [-0.1, -0.05) is 18.2 Å². The first-order valence-electron chi connectivity index (χ1n) is 9.18. The van der Waals surface area contributed by atoms with Crippen LogP contribution in [0, 0.1) is 0 Å². The second kappa shape index (κ2) is 8.62.